The molecule has 0 saturated carbocycles. The number of ketones is 1. The summed E-state index contributed by atoms with van der Waals surface area (Å²) < 4.78 is 10.5. The average Bonchev–Trinajstić information content (AvgIpc) is 2.78. The Morgan fingerprint density at radius 1 is 1.47 bits per heavy atom. The number of hydrogen-bond acceptors (Lipinski definition) is 5. The molecule has 88 valence electrons. The molecule has 5 heteroatoms. The van der Waals surface area contributed by atoms with Crippen LogP contribution in [0.15, 0.2) is 29.1 Å². The smallest absolute Gasteiger partial charge is 0.232 e. The Bertz CT molecular complexity index is 521. The number of aromatic nitrogens is 2. The molecule has 0 aromatic carbocycles. The molecule has 5 nitrogen and oxygen atoms in total. The van der Waals surface area contributed by atoms with E-state index in [1.54, 1.807) is 12.3 Å². The molecule has 2 rings (SSSR count). The number of hydrogen-bond donors (Lipinski definition) is 0. The molecule has 0 atom stereocenters. The number of carbonyl (C=O) groups is 1. The molecule has 0 aliphatic carbocycles. The number of aryl methyl sites for hydroxylation is 1. The van der Waals surface area contributed by atoms with Crippen molar-refractivity contribution < 1.29 is 13.9 Å². The summed E-state index contributed by atoms with van der Waals surface area (Å²) in [5.74, 6) is 1.03. The number of oxazole rings is 1. The number of nitrogens with zero attached hydrogens (tertiary/aromatic N) is 2. The molecule has 0 amide bonds. The van der Waals surface area contributed by atoms with Crippen molar-refractivity contribution in [1.82, 2.24) is 9.97 Å². The van der Waals surface area contributed by atoms with E-state index in [1.165, 1.54) is 19.4 Å². The van der Waals surface area contributed by atoms with Crippen LogP contribution in [0.3, 0.4) is 0 Å². The first-order chi connectivity index (χ1) is 8.16. The van der Waals surface area contributed by atoms with Gasteiger partial charge in [-0.2, -0.15) is 0 Å². The van der Waals surface area contributed by atoms with Crippen molar-refractivity contribution >= 4 is 5.78 Å². The lowest BCUT2D eigenvalue weighted by Crippen LogP contribution is -2.02. The minimum Gasteiger partial charge on any atom is -0.482 e. The third-order valence-corrected chi connectivity index (χ3v) is 2.23. The third kappa shape index (κ3) is 2.69. The van der Waals surface area contributed by atoms with Crippen molar-refractivity contribution in [3.8, 4) is 5.75 Å². The largest absolute Gasteiger partial charge is 0.482 e. The first-order valence-corrected chi connectivity index (χ1v) is 5.15. The van der Waals surface area contributed by atoms with E-state index in [1.807, 2.05) is 6.92 Å². The van der Waals surface area contributed by atoms with Crippen molar-refractivity contribution in [1.29, 1.82) is 0 Å². The van der Waals surface area contributed by atoms with Gasteiger partial charge >= 0.3 is 0 Å². The third-order valence-electron chi connectivity index (χ3n) is 2.23. The van der Waals surface area contributed by atoms with Gasteiger partial charge in [-0.15, -0.1) is 0 Å². The predicted molar refractivity (Wildman–Crippen MR) is 59.8 cm³/mol. The summed E-state index contributed by atoms with van der Waals surface area (Å²) in [6.45, 7) is 3.55. The molecular formula is C12H12N2O3. The molecule has 0 bridgehead atoms. The van der Waals surface area contributed by atoms with Crippen LogP contribution in [0.2, 0.25) is 0 Å². The highest BCUT2D eigenvalue weighted by atomic mass is 16.5. The first kappa shape index (κ1) is 11.3. The highest BCUT2D eigenvalue weighted by molar-refractivity contribution is 5.93. The Hall–Kier alpha value is -2.17. The zero-order chi connectivity index (χ0) is 12.3. The van der Waals surface area contributed by atoms with Crippen LogP contribution in [-0.2, 0) is 6.61 Å². The molecule has 2 heterocycles. The second kappa shape index (κ2) is 4.78. The van der Waals surface area contributed by atoms with Gasteiger partial charge in [0, 0.05) is 6.92 Å². The molecule has 0 saturated heterocycles. The van der Waals surface area contributed by atoms with Crippen LogP contribution >= 0.6 is 0 Å². The minimum atomic E-state index is -0.0539. The molecule has 17 heavy (non-hydrogen) atoms. The van der Waals surface area contributed by atoms with Gasteiger partial charge in [0.25, 0.3) is 0 Å². The summed E-state index contributed by atoms with van der Waals surface area (Å²) >= 11 is 0. The van der Waals surface area contributed by atoms with Crippen molar-refractivity contribution in [2.45, 2.75) is 20.5 Å². The van der Waals surface area contributed by atoms with Gasteiger partial charge in [-0.3, -0.25) is 4.79 Å². The summed E-state index contributed by atoms with van der Waals surface area (Å²) in [6.07, 6.45) is 4.56. The van der Waals surface area contributed by atoms with Crippen LogP contribution in [0.4, 0.5) is 0 Å². The normalized spacial score (nSPS) is 10.2. The Morgan fingerprint density at radius 2 is 2.29 bits per heavy atom. The zero-order valence-electron chi connectivity index (χ0n) is 9.64. The van der Waals surface area contributed by atoms with Crippen molar-refractivity contribution in [2.75, 3.05) is 0 Å². The maximum atomic E-state index is 11.2. The summed E-state index contributed by atoms with van der Waals surface area (Å²) in [5.41, 5.74) is 1.26. The standard InChI is InChI=1S/C12H12N2O3/c1-8-5-10(6-14-12(8)9(2)15)17-7-11-13-3-4-16-11/h3-6H,7H2,1-2H3. The lowest BCUT2D eigenvalue weighted by molar-refractivity contribution is 0.101. The second-order valence-corrected chi connectivity index (χ2v) is 3.61. The fraction of sp³-hybridized carbons (Fsp3) is 0.250. The van der Waals surface area contributed by atoms with Gasteiger partial charge < -0.3 is 9.15 Å². The molecule has 0 aliphatic heterocycles. The Labute approximate surface area is 98.5 Å². The lowest BCUT2D eigenvalue weighted by atomic mass is 10.1. The molecule has 0 spiro atoms. The van der Waals surface area contributed by atoms with E-state index in [0.717, 1.165) is 5.56 Å². The monoisotopic (exact) mass is 232 g/mol. The van der Waals surface area contributed by atoms with Crippen molar-refractivity contribution in [2.24, 2.45) is 0 Å². The van der Waals surface area contributed by atoms with Gasteiger partial charge in [0.2, 0.25) is 5.89 Å². The Kier molecular flexibility index (Phi) is 3.18. The van der Waals surface area contributed by atoms with Crippen molar-refractivity contribution in [3.63, 3.8) is 0 Å². The molecule has 0 unspecified atom stereocenters. The zero-order valence-corrected chi connectivity index (χ0v) is 9.64. The van der Waals surface area contributed by atoms with Gasteiger partial charge in [0.15, 0.2) is 12.4 Å². The quantitative estimate of drug-likeness (QED) is 0.756. The fourth-order valence-corrected chi connectivity index (χ4v) is 1.47. The maximum absolute atomic E-state index is 11.2. The highest BCUT2D eigenvalue weighted by Gasteiger charge is 2.07. The highest BCUT2D eigenvalue weighted by Crippen LogP contribution is 2.16. The molecule has 0 radical (unpaired) electrons. The van der Waals surface area contributed by atoms with Crippen LogP contribution < -0.4 is 4.74 Å². The van der Waals surface area contributed by atoms with Crippen molar-refractivity contribution in [3.05, 3.63) is 41.9 Å². The number of Topliss-reactive ketones (excluding diaryl/α,β-unsaturated/α-hetero) is 1. The minimum absolute atomic E-state index is 0.0539. The number of carbonyl (C=O) groups excluding carboxylic acids is 1. The Morgan fingerprint density at radius 3 is 2.88 bits per heavy atom. The van der Waals surface area contributed by atoms with E-state index < -0.39 is 0 Å². The van der Waals surface area contributed by atoms with Gasteiger partial charge in [-0.25, -0.2) is 9.97 Å². The second-order valence-electron chi connectivity index (χ2n) is 3.61. The van der Waals surface area contributed by atoms with Gasteiger partial charge in [-0.05, 0) is 18.6 Å². The summed E-state index contributed by atoms with van der Waals surface area (Å²) in [7, 11) is 0. The molecular weight excluding hydrogens is 220 g/mol. The van der Waals surface area contributed by atoms with E-state index in [4.69, 9.17) is 9.15 Å². The van der Waals surface area contributed by atoms with E-state index in [9.17, 15) is 4.79 Å². The van der Waals surface area contributed by atoms with Crippen LogP contribution in [0.1, 0.15) is 28.9 Å². The van der Waals surface area contributed by atoms with Crippen LogP contribution in [0.5, 0.6) is 5.75 Å². The topological polar surface area (TPSA) is 65.2 Å². The predicted octanol–water partition coefficient (Wildman–Crippen LogP) is 2.16. The van der Waals surface area contributed by atoms with Crippen LogP contribution in [0, 0.1) is 6.92 Å². The number of rotatable bonds is 4. The molecule has 0 N–H and O–H groups in total. The maximum Gasteiger partial charge on any atom is 0.232 e. The van der Waals surface area contributed by atoms with Gasteiger partial charge in [0.1, 0.15) is 17.7 Å². The molecule has 0 aliphatic rings. The van der Waals surface area contributed by atoms with E-state index in [0.29, 0.717) is 17.3 Å². The van der Waals surface area contributed by atoms with E-state index in [2.05, 4.69) is 9.97 Å². The Balaban J connectivity index is 2.07. The molecule has 2 aromatic rings. The van der Waals surface area contributed by atoms with Gasteiger partial charge in [-0.1, -0.05) is 0 Å². The van der Waals surface area contributed by atoms with E-state index >= 15 is 0 Å². The van der Waals surface area contributed by atoms with Crippen LogP contribution in [0.25, 0.3) is 0 Å². The molecule has 2 aromatic heterocycles. The average molecular weight is 232 g/mol. The van der Waals surface area contributed by atoms with Gasteiger partial charge in [0.05, 0.1) is 12.4 Å². The molecule has 0 fully saturated rings. The van der Waals surface area contributed by atoms with Crippen LogP contribution in [-0.4, -0.2) is 15.8 Å². The SMILES string of the molecule is CC(=O)c1ncc(OCc2ncco2)cc1C. The summed E-state index contributed by atoms with van der Waals surface area (Å²) in [6, 6.07) is 1.77. The summed E-state index contributed by atoms with van der Waals surface area (Å²) in [5, 5.41) is 0. The summed E-state index contributed by atoms with van der Waals surface area (Å²) in [4.78, 5) is 19.2. The van der Waals surface area contributed by atoms with E-state index in [-0.39, 0.29) is 12.4 Å². The number of ether oxygens (including phenoxy) is 1. The fourth-order valence-electron chi connectivity index (χ4n) is 1.47. The first-order valence-electron chi connectivity index (χ1n) is 5.15. The number of pyridine rings is 1. The lowest BCUT2D eigenvalue weighted by Gasteiger charge is -2.06.